The van der Waals surface area contributed by atoms with Crippen LogP contribution in [0.2, 0.25) is 0 Å². The Morgan fingerprint density at radius 1 is 1.47 bits per heavy atom. The number of hydrogen-bond acceptors (Lipinski definition) is 3. The number of alkyl halides is 2. The molecule has 5 nitrogen and oxygen atoms in total. The van der Waals surface area contributed by atoms with E-state index < -0.39 is 24.9 Å². The van der Waals surface area contributed by atoms with Gasteiger partial charge >= 0.3 is 0 Å². The zero-order chi connectivity index (χ0) is 14.0. The lowest BCUT2D eigenvalue weighted by Gasteiger charge is -2.14. The van der Waals surface area contributed by atoms with Crippen molar-refractivity contribution in [2.45, 2.75) is 12.3 Å². The molecule has 102 valence electrons. The van der Waals surface area contributed by atoms with Crippen molar-refractivity contribution < 1.29 is 18.4 Å². The summed E-state index contributed by atoms with van der Waals surface area (Å²) in [5.74, 6) is -3.90. The lowest BCUT2D eigenvalue weighted by atomic mass is 10.1. The van der Waals surface area contributed by atoms with Crippen molar-refractivity contribution in [3.05, 3.63) is 29.3 Å². The predicted molar refractivity (Wildman–Crippen MR) is 65.1 cm³/mol. The lowest BCUT2D eigenvalue weighted by molar-refractivity contribution is -0.115. The molecule has 2 rings (SSSR count). The average molecular weight is 269 g/mol. The Labute approximate surface area is 108 Å². The molecule has 1 heterocycles. The minimum absolute atomic E-state index is 0.151. The molecule has 0 bridgehead atoms. The highest BCUT2D eigenvalue weighted by Crippen LogP contribution is 2.24. The molecule has 0 saturated heterocycles. The van der Waals surface area contributed by atoms with Crippen LogP contribution in [0.15, 0.2) is 18.2 Å². The molecule has 1 aromatic rings. The molecule has 1 aromatic carbocycles. The summed E-state index contributed by atoms with van der Waals surface area (Å²) in [5.41, 5.74) is 6.42. The van der Waals surface area contributed by atoms with Gasteiger partial charge in [-0.25, -0.2) is 8.78 Å². The van der Waals surface area contributed by atoms with E-state index in [0.717, 1.165) is 5.56 Å². The van der Waals surface area contributed by atoms with E-state index in [9.17, 15) is 18.4 Å². The van der Waals surface area contributed by atoms with E-state index in [2.05, 4.69) is 10.6 Å². The first-order valence-corrected chi connectivity index (χ1v) is 5.70. The second-order valence-electron chi connectivity index (χ2n) is 4.34. The summed E-state index contributed by atoms with van der Waals surface area (Å²) in [6, 6.07) is 4.59. The molecule has 0 fully saturated rings. The predicted octanol–water partition coefficient (Wildman–Crippen LogP) is 0.505. The molecular formula is C12H13F2N3O2. The zero-order valence-electron chi connectivity index (χ0n) is 10.0. The summed E-state index contributed by atoms with van der Waals surface area (Å²) in [6.07, 6.45) is 0.266. The molecule has 2 amide bonds. The van der Waals surface area contributed by atoms with Crippen LogP contribution >= 0.6 is 0 Å². The fourth-order valence-corrected chi connectivity index (χ4v) is 1.74. The maximum absolute atomic E-state index is 12.9. The van der Waals surface area contributed by atoms with E-state index in [4.69, 9.17) is 5.73 Å². The van der Waals surface area contributed by atoms with E-state index >= 15 is 0 Å². The van der Waals surface area contributed by atoms with Crippen molar-refractivity contribution in [3.63, 3.8) is 0 Å². The third-order valence-corrected chi connectivity index (χ3v) is 2.80. The fraction of sp³-hybridized carbons (Fsp3) is 0.333. The van der Waals surface area contributed by atoms with Crippen LogP contribution in [0, 0.1) is 0 Å². The average Bonchev–Trinajstić information content (AvgIpc) is 2.75. The number of anilines is 1. The minimum Gasteiger partial charge on any atom is -0.346 e. The maximum Gasteiger partial charge on any atom is 0.277 e. The third-order valence-electron chi connectivity index (χ3n) is 2.80. The number of hydrogen-bond donors (Lipinski definition) is 3. The largest absolute Gasteiger partial charge is 0.346 e. The van der Waals surface area contributed by atoms with Gasteiger partial charge in [-0.3, -0.25) is 9.59 Å². The van der Waals surface area contributed by atoms with Gasteiger partial charge in [0, 0.05) is 11.3 Å². The molecule has 1 aliphatic rings. The number of nitrogens with two attached hydrogens (primary N) is 1. The zero-order valence-corrected chi connectivity index (χ0v) is 10.0. The second kappa shape index (κ2) is 4.93. The molecule has 1 aliphatic heterocycles. The molecule has 0 radical (unpaired) electrons. The molecule has 0 spiro atoms. The molecule has 0 unspecified atom stereocenters. The number of halogens is 2. The second-order valence-corrected chi connectivity index (χ2v) is 4.34. The van der Waals surface area contributed by atoms with Crippen LogP contribution in [0.25, 0.3) is 0 Å². The van der Waals surface area contributed by atoms with Crippen LogP contribution in [0.4, 0.5) is 14.5 Å². The van der Waals surface area contributed by atoms with E-state index in [1.165, 1.54) is 12.1 Å². The number of amides is 2. The Bertz CT molecular complexity index is 532. The summed E-state index contributed by atoms with van der Waals surface area (Å²) in [4.78, 5) is 22.8. The monoisotopic (exact) mass is 269 g/mol. The number of rotatable bonds is 4. The first kappa shape index (κ1) is 13.4. The van der Waals surface area contributed by atoms with Gasteiger partial charge in [-0.05, 0) is 17.7 Å². The number of benzene rings is 1. The van der Waals surface area contributed by atoms with Gasteiger partial charge < -0.3 is 16.4 Å². The quantitative estimate of drug-likeness (QED) is 0.744. The van der Waals surface area contributed by atoms with E-state index in [1.54, 1.807) is 6.07 Å². The fourth-order valence-electron chi connectivity index (χ4n) is 1.74. The SMILES string of the molecule is NCC(F)(F)CNC(=O)c1ccc2c(c1)NC(=O)C2. The van der Waals surface area contributed by atoms with Crippen LogP contribution < -0.4 is 16.4 Å². The van der Waals surface area contributed by atoms with Gasteiger partial charge in [-0.1, -0.05) is 6.07 Å². The molecule has 0 atom stereocenters. The Balaban J connectivity index is 2.05. The highest BCUT2D eigenvalue weighted by molar-refractivity contribution is 6.02. The molecule has 4 N–H and O–H groups in total. The number of fused-ring (bicyclic) bond motifs is 1. The Kier molecular flexibility index (Phi) is 3.48. The minimum atomic E-state index is -3.12. The number of carbonyl (C=O) groups excluding carboxylic acids is 2. The van der Waals surface area contributed by atoms with E-state index in [-0.39, 0.29) is 17.9 Å². The van der Waals surface area contributed by atoms with Crippen LogP contribution in [0.1, 0.15) is 15.9 Å². The summed E-state index contributed by atoms with van der Waals surface area (Å²) in [6.45, 7) is -1.64. The Morgan fingerprint density at radius 3 is 2.89 bits per heavy atom. The molecule has 0 aliphatic carbocycles. The molecular weight excluding hydrogens is 256 g/mol. The first-order valence-electron chi connectivity index (χ1n) is 5.70. The van der Waals surface area contributed by atoms with Gasteiger partial charge in [0.05, 0.1) is 19.5 Å². The summed E-state index contributed by atoms with van der Waals surface area (Å²) in [7, 11) is 0. The van der Waals surface area contributed by atoms with Gasteiger partial charge in [-0.2, -0.15) is 0 Å². The van der Waals surface area contributed by atoms with Crippen molar-refractivity contribution >= 4 is 17.5 Å². The number of nitrogens with one attached hydrogen (secondary N) is 2. The molecule has 19 heavy (non-hydrogen) atoms. The summed E-state index contributed by atoms with van der Waals surface area (Å²) < 4.78 is 25.8. The van der Waals surface area contributed by atoms with Crippen LogP contribution in [0.3, 0.4) is 0 Å². The Morgan fingerprint density at radius 2 is 2.21 bits per heavy atom. The van der Waals surface area contributed by atoms with Gasteiger partial charge in [-0.15, -0.1) is 0 Å². The van der Waals surface area contributed by atoms with E-state index in [0.29, 0.717) is 5.69 Å². The van der Waals surface area contributed by atoms with E-state index in [1.807, 2.05) is 0 Å². The topological polar surface area (TPSA) is 84.2 Å². The van der Waals surface area contributed by atoms with Crippen LogP contribution in [-0.4, -0.2) is 30.8 Å². The molecule has 0 saturated carbocycles. The van der Waals surface area contributed by atoms with Gasteiger partial charge in [0.1, 0.15) is 0 Å². The molecule has 0 aromatic heterocycles. The normalized spacial score (nSPS) is 13.9. The van der Waals surface area contributed by atoms with Crippen molar-refractivity contribution in [3.8, 4) is 0 Å². The first-order chi connectivity index (χ1) is 8.91. The summed E-state index contributed by atoms with van der Waals surface area (Å²) in [5, 5.41) is 4.70. The van der Waals surface area contributed by atoms with Gasteiger partial charge in [0.2, 0.25) is 5.91 Å². The maximum atomic E-state index is 12.9. The lowest BCUT2D eigenvalue weighted by Crippen LogP contribution is -2.41. The number of carbonyl (C=O) groups is 2. The van der Waals surface area contributed by atoms with Crippen molar-refractivity contribution in [2.24, 2.45) is 5.73 Å². The third kappa shape index (κ3) is 3.05. The Hall–Kier alpha value is -2.02. The van der Waals surface area contributed by atoms with Crippen molar-refractivity contribution in [1.82, 2.24) is 5.32 Å². The van der Waals surface area contributed by atoms with Crippen LogP contribution in [0.5, 0.6) is 0 Å². The van der Waals surface area contributed by atoms with Gasteiger partial charge in [0.25, 0.3) is 11.8 Å². The van der Waals surface area contributed by atoms with Gasteiger partial charge in [0.15, 0.2) is 0 Å². The highest BCUT2D eigenvalue weighted by Gasteiger charge is 2.27. The highest BCUT2D eigenvalue weighted by atomic mass is 19.3. The van der Waals surface area contributed by atoms with Crippen LogP contribution in [-0.2, 0) is 11.2 Å². The van der Waals surface area contributed by atoms with Crippen molar-refractivity contribution in [1.29, 1.82) is 0 Å². The van der Waals surface area contributed by atoms with Crippen molar-refractivity contribution in [2.75, 3.05) is 18.4 Å². The summed E-state index contributed by atoms with van der Waals surface area (Å²) >= 11 is 0. The smallest absolute Gasteiger partial charge is 0.277 e. The standard InChI is InChI=1S/C12H13F2N3O2/c13-12(14,5-15)6-16-11(19)8-2-1-7-4-10(18)17-9(7)3-8/h1-3H,4-6,15H2,(H,16,19)(H,17,18). The molecule has 7 heteroatoms.